The van der Waals surface area contributed by atoms with Gasteiger partial charge in [0.25, 0.3) is 0 Å². The van der Waals surface area contributed by atoms with Crippen molar-refractivity contribution >= 4 is 5.91 Å². The van der Waals surface area contributed by atoms with Gasteiger partial charge in [-0.1, -0.05) is 19.9 Å². The maximum atomic E-state index is 14.3. The van der Waals surface area contributed by atoms with E-state index in [2.05, 4.69) is 28.9 Å². The Balaban J connectivity index is 1.57. The largest absolute Gasteiger partial charge is 0.339 e. The van der Waals surface area contributed by atoms with Gasteiger partial charge in [-0.05, 0) is 62.0 Å². The van der Waals surface area contributed by atoms with Gasteiger partial charge in [0.05, 0.1) is 22.4 Å². The maximum absolute atomic E-state index is 14.3. The molecule has 0 radical (unpaired) electrons. The molecule has 3 aliphatic rings. The normalized spacial score (nSPS) is 26.8. The van der Waals surface area contributed by atoms with Gasteiger partial charge >= 0.3 is 0 Å². The van der Waals surface area contributed by atoms with Crippen LogP contribution in [0.25, 0.3) is 11.3 Å². The van der Waals surface area contributed by atoms with Crippen LogP contribution in [-0.4, -0.2) is 59.1 Å². The van der Waals surface area contributed by atoms with Crippen LogP contribution in [0.15, 0.2) is 24.3 Å². The van der Waals surface area contributed by atoms with E-state index < -0.39 is 17.0 Å². The Bertz CT molecular complexity index is 1030. The van der Waals surface area contributed by atoms with Gasteiger partial charge in [0, 0.05) is 19.1 Å². The molecule has 1 aromatic heterocycles. The van der Waals surface area contributed by atoms with Crippen molar-refractivity contribution in [3.05, 3.63) is 47.2 Å². The highest BCUT2D eigenvalue weighted by Gasteiger charge is 2.68. The number of rotatable bonds is 3. The Hall–Kier alpha value is -2.41. The molecule has 2 heterocycles. The number of amides is 1. The van der Waals surface area contributed by atoms with Gasteiger partial charge in [0.1, 0.15) is 11.6 Å². The van der Waals surface area contributed by atoms with E-state index >= 15 is 0 Å². The molecular weight excluding hydrogens is 386 g/mol. The zero-order valence-corrected chi connectivity index (χ0v) is 17.7. The molecular formula is C23H26F2N4O. The Morgan fingerprint density at radius 1 is 1.17 bits per heavy atom. The van der Waals surface area contributed by atoms with Crippen molar-refractivity contribution < 1.29 is 13.6 Å². The van der Waals surface area contributed by atoms with Crippen molar-refractivity contribution in [1.82, 2.24) is 20.0 Å². The molecule has 5 nitrogen and oxygen atoms in total. The van der Waals surface area contributed by atoms with Crippen molar-refractivity contribution in [3.8, 4) is 11.3 Å². The lowest BCUT2D eigenvalue weighted by molar-refractivity contribution is -0.148. The third kappa shape index (κ3) is 2.32. The third-order valence-electron chi connectivity index (χ3n) is 7.85. The fraction of sp³-hybridized carbons (Fsp3) is 0.522. The summed E-state index contributed by atoms with van der Waals surface area (Å²) < 4.78 is 28.6. The fourth-order valence-corrected chi connectivity index (χ4v) is 5.88. The molecule has 2 bridgehead atoms. The molecule has 2 fully saturated rings. The summed E-state index contributed by atoms with van der Waals surface area (Å²) in [7, 11) is 4.06. The summed E-state index contributed by atoms with van der Waals surface area (Å²) in [6, 6.07) is 5.91. The zero-order chi connectivity index (χ0) is 21.4. The minimum atomic E-state index is -0.719. The molecule has 7 heteroatoms. The minimum Gasteiger partial charge on any atom is -0.339 e. The van der Waals surface area contributed by atoms with Crippen LogP contribution in [0, 0.1) is 17.0 Å². The summed E-state index contributed by atoms with van der Waals surface area (Å²) in [6.45, 7) is 5.68. The van der Waals surface area contributed by atoms with E-state index in [0.29, 0.717) is 11.7 Å². The molecule has 1 saturated carbocycles. The summed E-state index contributed by atoms with van der Waals surface area (Å²) in [5, 5.41) is 8.63. The lowest BCUT2D eigenvalue weighted by Crippen LogP contribution is -2.64. The van der Waals surface area contributed by atoms with Gasteiger partial charge in [0.2, 0.25) is 5.91 Å². The van der Waals surface area contributed by atoms with Crippen LogP contribution in [0.1, 0.15) is 43.9 Å². The first kappa shape index (κ1) is 19.5. The molecule has 0 spiro atoms. The molecule has 5 rings (SSSR count). The number of hydrogen-bond donors (Lipinski definition) is 0. The number of carbonyl (C=O) groups excluding carboxylic acids is 1. The number of likely N-dealkylation sites (tertiary alicyclic amines) is 1. The predicted octanol–water partition coefficient (Wildman–Crippen LogP) is 3.35. The van der Waals surface area contributed by atoms with Crippen LogP contribution in [0.4, 0.5) is 8.78 Å². The molecule has 158 valence electrons. The number of halogens is 2. The molecule has 2 aliphatic carbocycles. The topological polar surface area (TPSA) is 49.3 Å². The molecule has 2 atom stereocenters. The Kier molecular flexibility index (Phi) is 4.10. The molecule has 0 N–H and O–H groups in total. The first-order valence-electron chi connectivity index (χ1n) is 10.5. The first-order chi connectivity index (χ1) is 14.2. The summed E-state index contributed by atoms with van der Waals surface area (Å²) >= 11 is 0. The van der Waals surface area contributed by atoms with Gasteiger partial charge in [0.15, 0.2) is 0 Å². The second-order valence-electron chi connectivity index (χ2n) is 9.68. The van der Waals surface area contributed by atoms with Gasteiger partial charge in [-0.25, -0.2) is 8.78 Å². The van der Waals surface area contributed by atoms with Crippen LogP contribution < -0.4 is 0 Å². The quantitative estimate of drug-likeness (QED) is 0.776. The number of aromatic nitrogens is 2. The van der Waals surface area contributed by atoms with Gasteiger partial charge < -0.3 is 9.80 Å². The predicted molar refractivity (Wildman–Crippen MR) is 109 cm³/mol. The highest BCUT2D eigenvalue weighted by atomic mass is 19.1. The molecule has 1 aliphatic heterocycles. The van der Waals surface area contributed by atoms with Crippen molar-refractivity contribution in [3.63, 3.8) is 0 Å². The van der Waals surface area contributed by atoms with Crippen molar-refractivity contribution in [2.75, 3.05) is 27.2 Å². The molecule has 1 saturated heterocycles. The average molecular weight is 412 g/mol. The minimum absolute atomic E-state index is 0.117. The van der Waals surface area contributed by atoms with Crippen LogP contribution >= 0.6 is 0 Å². The summed E-state index contributed by atoms with van der Waals surface area (Å²) in [5.41, 5.74) is 0.594. The average Bonchev–Trinajstić information content (AvgIpc) is 3.01. The Morgan fingerprint density at radius 2 is 1.83 bits per heavy atom. The molecule has 30 heavy (non-hydrogen) atoms. The summed E-state index contributed by atoms with van der Waals surface area (Å²) in [6.07, 6.45) is 1.60. The van der Waals surface area contributed by atoms with E-state index in [1.807, 2.05) is 19.0 Å². The Morgan fingerprint density at radius 3 is 2.47 bits per heavy atom. The number of nitrogens with zero attached hydrogens (tertiary/aromatic N) is 4. The number of hydrogen-bond acceptors (Lipinski definition) is 4. The number of likely N-dealkylation sites (N-methyl/N-ethyl adjacent to an activating group) is 1. The molecule has 1 aromatic carbocycles. The van der Waals surface area contributed by atoms with E-state index in [1.54, 1.807) is 6.07 Å². The first-order valence-corrected chi connectivity index (χ1v) is 10.5. The smallest absolute Gasteiger partial charge is 0.235 e. The summed E-state index contributed by atoms with van der Waals surface area (Å²) in [4.78, 5) is 17.8. The number of benzene rings is 1. The fourth-order valence-electron chi connectivity index (χ4n) is 5.88. The molecule has 1 amide bonds. The zero-order valence-electron chi connectivity index (χ0n) is 17.7. The van der Waals surface area contributed by atoms with Gasteiger partial charge in [-0.3, -0.25) is 4.79 Å². The highest BCUT2D eigenvalue weighted by Crippen LogP contribution is 2.68. The Labute approximate surface area is 175 Å². The lowest BCUT2D eigenvalue weighted by Gasteiger charge is -2.48. The van der Waals surface area contributed by atoms with Crippen LogP contribution in [0.3, 0.4) is 0 Å². The van der Waals surface area contributed by atoms with Gasteiger partial charge in [-0.2, -0.15) is 5.10 Å². The van der Waals surface area contributed by atoms with E-state index in [-0.39, 0.29) is 28.5 Å². The SMILES string of the molecule is CN(C)C1CN(C(=O)[C@]23CC[C@H](c4cc(-c5c(F)cccc5F)nnc42)C3(C)C)C1. The van der Waals surface area contributed by atoms with E-state index in [1.165, 1.54) is 18.2 Å². The van der Waals surface area contributed by atoms with Crippen molar-refractivity contribution in [2.45, 2.75) is 44.1 Å². The van der Waals surface area contributed by atoms with Crippen LogP contribution in [0.2, 0.25) is 0 Å². The second-order valence-corrected chi connectivity index (χ2v) is 9.68. The van der Waals surface area contributed by atoms with Crippen molar-refractivity contribution in [1.29, 1.82) is 0 Å². The van der Waals surface area contributed by atoms with E-state index in [0.717, 1.165) is 31.5 Å². The summed E-state index contributed by atoms with van der Waals surface area (Å²) in [5.74, 6) is -1.09. The van der Waals surface area contributed by atoms with Crippen LogP contribution in [-0.2, 0) is 10.2 Å². The standard InChI is InChI=1S/C23H26F2N4O/c1-22(2)15-8-9-23(22,21(30)29-11-13(12-29)28(3)4)20-14(15)10-18(26-27-20)19-16(24)6-5-7-17(19)25/h5-7,10,13,15H,8-9,11-12H2,1-4H3/t15-,23+/m1/s1. The number of fused-ring (bicyclic) bond motifs is 5. The molecule has 2 aromatic rings. The second kappa shape index (κ2) is 6.30. The number of carbonyl (C=O) groups is 1. The maximum Gasteiger partial charge on any atom is 0.235 e. The van der Waals surface area contributed by atoms with E-state index in [9.17, 15) is 13.6 Å². The van der Waals surface area contributed by atoms with E-state index in [4.69, 9.17) is 0 Å². The lowest BCUT2D eigenvalue weighted by atomic mass is 9.67. The highest BCUT2D eigenvalue weighted by molar-refractivity contribution is 5.92. The van der Waals surface area contributed by atoms with Gasteiger partial charge in [-0.15, -0.1) is 5.10 Å². The monoisotopic (exact) mass is 412 g/mol. The van der Waals surface area contributed by atoms with Crippen molar-refractivity contribution in [2.24, 2.45) is 5.41 Å². The third-order valence-corrected chi connectivity index (χ3v) is 7.85. The molecule has 0 unspecified atom stereocenters. The van der Waals surface area contributed by atoms with Crippen LogP contribution in [0.5, 0.6) is 0 Å².